The Morgan fingerprint density at radius 1 is 0.243 bits per heavy atom. The van der Waals surface area contributed by atoms with Crippen LogP contribution in [0.3, 0.4) is 0 Å². The maximum Gasteiger partial charge on any atom is 0.0713 e. The third-order valence-electron chi connectivity index (χ3n) is 15.6. The topological polar surface area (TPSA) is 3.24 Å². The summed E-state index contributed by atoms with van der Waals surface area (Å²) in [5, 5.41) is 7.47. The van der Waals surface area contributed by atoms with E-state index in [0.29, 0.717) is 0 Å². The second-order valence-corrected chi connectivity index (χ2v) is 19.5. The van der Waals surface area contributed by atoms with E-state index in [1.54, 1.807) is 0 Å². The number of para-hydroxylation sites is 2. The van der Waals surface area contributed by atoms with Gasteiger partial charge in [0.25, 0.3) is 0 Å². The van der Waals surface area contributed by atoms with Gasteiger partial charge < -0.3 is 4.90 Å². The Labute approximate surface area is 432 Å². The molecule has 0 amide bonds. The number of benzene rings is 13. The Morgan fingerprint density at radius 3 is 1.49 bits per heavy atom. The molecule has 0 aromatic heterocycles. The van der Waals surface area contributed by atoms with Crippen molar-refractivity contribution >= 4 is 49.4 Å². The van der Waals surface area contributed by atoms with Crippen LogP contribution in [0.4, 0.5) is 17.1 Å². The Kier molecular flexibility index (Phi) is 10.5. The molecule has 0 atom stereocenters. The van der Waals surface area contributed by atoms with E-state index in [4.69, 9.17) is 0 Å². The fourth-order valence-corrected chi connectivity index (χ4v) is 12.3. The van der Waals surface area contributed by atoms with Crippen LogP contribution in [0.2, 0.25) is 0 Å². The quantitative estimate of drug-likeness (QED) is 0.130. The molecule has 346 valence electrons. The Balaban J connectivity index is 0.996. The minimum absolute atomic E-state index is 0.528. The van der Waals surface area contributed by atoms with Crippen molar-refractivity contribution < 1.29 is 0 Å². The standard InChI is InChI=1S/C73H49N/c1-4-21-50(22-5-1)61-35-18-24-53-25-19-37-67(72(53)61)66-33-14-17-40-71(66)74(57-45-41-52(42-46-57)59-34-20-36-62-58-30-11-10-23-51(58)43-47-63(59)62)70-39-16-13-31-60(70)54-44-48-65-64-32-12-15-38-68(64)73(69(65)49-54,55-26-6-2-7-27-55)56-28-8-3-9-29-56/h1-49H. The van der Waals surface area contributed by atoms with Gasteiger partial charge in [0.15, 0.2) is 0 Å². The monoisotopic (exact) mass is 939 g/mol. The van der Waals surface area contributed by atoms with Gasteiger partial charge in [0.1, 0.15) is 0 Å². The summed E-state index contributed by atoms with van der Waals surface area (Å²) in [7, 11) is 0. The molecule has 74 heavy (non-hydrogen) atoms. The van der Waals surface area contributed by atoms with Crippen molar-refractivity contribution in [3.63, 3.8) is 0 Å². The van der Waals surface area contributed by atoms with E-state index in [-0.39, 0.29) is 0 Å². The number of hydrogen-bond acceptors (Lipinski definition) is 1. The number of hydrogen-bond donors (Lipinski definition) is 0. The molecule has 1 aliphatic rings. The van der Waals surface area contributed by atoms with Crippen LogP contribution in [0, 0.1) is 0 Å². The van der Waals surface area contributed by atoms with Crippen molar-refractivity contribution in [2.24, 2.45) is 0 Å². The molecule has 0 bridgehead atoms. The summed E-state index contributed by atoms with van der Waals surface area (Å²) < 4.78 is 0. The first-order valence-corrected chi connectivity index (χ1v) is 25.7. The number of fused-ring (bicyclic) bond motifs is 7. The minimum Gasteiger partial charge on any atom is -0.309 e. The Bertz CT molecular complexity index is 4190. The highest BCUT2D eigenvalue weighted by atomic mass is 15.1. The van der Waals surface area contributed by atoms with Gasteiger partial charge >= 0.3 is 0 Å². The molecule has 0 saturated carbocycles. The van der Waals surface area contributed by atoms with Crippen LogP contribution in [0.5, 0.6) is 0 Å². The van der Waals surface area contributed by atoms with Gasteiger partial charge in [0.05, 0.1) is 16.8 Å². The molecule has 0 saturated heterocycles. The smallest absolute Gasteiger partial charge is 0.0713 e. The maximum atomic E-state index is 2.50. The summed E-state index contributed by atoms with van der Waals surface area (Å²) in [6, 6.07) is 110. The SMILES string of the molecule is c1ccc(-c2cccc3cccc(-c4ccccc4N(c4ccc(-c5cccc6c5ccc5ccccc56)cc4)c4ccccc4-c4ccc5c(c4)C(c4ccccc4)(c4ccccc4)c4ccccc4-5)c23)cc1. The lowest BCUT2D eigenvalue weighted by Crippen LogP contribution is -2.28. The molecule has 0 N–H and O–H groups in total. The van der Waals surface area contributed by atoms with E-state index in [1.165, 1.54) is 93.5 Å². The first-order valence-electron chi connectivity index (χ1n) is 25.7. The highest BCUT2D eigenvalue weighted by Crippen LogP contribution is 2.57. The number of rotatable bonds is 9. The Hall–Kier alpha value is -9.56. The fourth-order valence-electron chi connectivity index (χ4n) is 12.3. The van der Waals surface area contributed by atoms with Gasteiger partial charge in [-0.3, -0.25) is 0 Å². The molecule has 13 aromatic carbocycles. The summed E-state index contributed by atoms with van der Waals surface area (Å²) in [5.74, 6) is 0. The average molecular weight is 940 g/mol. The van der Waals surface area contributed by atoms with Crippen molar-refractivity contribution in [2.45, 2.75) is 5.41 Å². The average Bonchev–Trinajstić information content (AvgIpc) is 3.79. The van der Waals surface area contributed by atoms with Crippen LogP contribution in [-0.4, -0.2) is 0 Å². The zero-order chi connectivity index (χ0) is 49.0. The number of nitrogens with zero attached hydrogens (tertiary/aromatic N) is 1. The molecular formula is C73H49N. The molecule has 0 heterocycles. The second kappa shape index (κ2) is 17.9. The van der Waals surface area contributed by atoms with Crippen LogP contribution in [0.15, 0.2) is 297 Å². The van der Waals surface area contributed by atoms with Crippen molar-refractivity contribution in [2.75, 3.05) is 4.90 Å². The molecule has 0 aliphatic heterocycles. The lowest BCUT2D eigenvalue weighted by Gasteiger charge is -2.34. The van der Waals surface area contributed by atoms with Crippen molar-refractivity contribution in [1.29, 1.82) is 0 Å². The van der Waals surface area contributed by atoms with Gasteiger partial charge in [-0.2, -0.15) is 0 Å². The normalized spacial score (nSPS) is 12.4. The Morgan fingerprint density at radius 2 is 0.743 bits per heavy atom. The lowest BCUT2D eigenvalue weighted by molar-refractivity contribution is 0.769. The largest absolute Gasteiger partial charge is 0.309 e. The predicted molar refractivity (Wildman–Crippen MR) is 313 cm³/mol. The van der Waals surface area contributed by atoms with Gasteiger partial charge in [-0.05, 0) is 129 Å². The molecule has 1 nitrogen and oxygen atoms in total. The zero-order valence-corrected chi connectivity index (χ0v) is 40.7. The van der Waals surface area contributed by atoms with Crippen LogP contribution >= 0.6 is 0 Å². The van der Waals surface area contributed by atoms with E-state index >= 15 is 0 Å². The van der Waals surface area contributed by atoms with Gasteiger partial charge in [-0.15, -0.1) is 0 Å². The molecule has 0 unspecified atom stereocenters. The summed E-state index contributed by atoms with van der Waals surface area (Å²) in [6.07, 6.45) is 0. The van der Waals surface area contributed by atoms with E-state index in [9.17, 15) is 0 Å². The van der Waals surface area contributed by atoms with E-state index in [0.717, 1.165) is 33.8 Å². The molecule has 14 rings (SSSR count). The molecule has 1 aliphatic carbocycles. The first-order chi connectivity index (χ1) is 36.7. The summed E-state index contributed by atoms with van der Waals surface area (Å²) in [4.78, 5) is 2.50. The molecule has 1 heteroatoms. The van der Waals surface area contributed by atoms with Crippen LogP contribution in [-0.2, 0) is 5.41 Å². The highest BCUT2D eigenvalue weighted by Gasteiger charge is 2.46. The summed E-state index contributed by atoms with van der Waals surface area (Å²) in [5.41, 5.74) is 19.8. The number of anilines is 3. The van der Waals surface area contributed by atoms with Crippen LogP contribution in [0.25, 0.3) is 88.0 Å². The van der Waals surface area contributed by atoms with Crippen molar-refractivity contribution in [3.05, 3.63) is 320 Å². The van der Waals surface area contributed by atoms with Gasteiger partial charge in [-0.25, -0.2) is 0 Å². The molecular weight excluding hydrogens is 891 g/mol. The zero-order valence-electron chi connectivity index (χ0n) is 40.7. The minimum atomic E-state index is -0.528. The van der Waals surface area contributed by atoms with Gasteiger partial charge in [0.2, 0.25) is 0 Å². The first kappa shape index (κ1) is 43.2. The van der Waals surface area contributed by atoms with Crippen molar-refractivity contribution in [3.8, 4) is 55.6 Å². The third-order valence-corrected chi connectivity index (χ3v) is 15.6. The third kappa shape index (κ3) is 6.93. The van der Waals surface area contributed by atoms with E-state index in [2.05, 4.69) is 302 Å². The molecule has 0 radical (unpaired) electrons. The maximum absolute atomic E-state index is 2.50. The van der Waals surface area contributed by atoms with Gasteiger partial charge in [0, 0.05) is 16.8 Å². The summed E-state index contributed by atoms with van der Waals surface area (Å²) >= 11 is 0. The van der Waals surface area contributed by atoms with Crippen LogP contribution < -0.4 is 4.90 Å². The lowest BCUT2D eigenvalue weighted by atomic mass is 9.67. The highest BCUT2D eigenvalue weighted by molar-refractivity contribution is 6.13. The van der Waals surface area contributed by atoms with E-state index in [1.807, 2.05) is 0 Å². The van der Waals surface area contributed by atoms with Crippen LogP contribution in [0.1, 0.15) is 22.3 Å². The van der Waals surface area contributed by atoms with Crippen molar-refractivity contribution in [1.82, 2.24) is 0 Å². The fraction of sp³-hybridized carbons (Fsp3) is 0.0137. The van der Waals surface area contributed by atoms with Gasteiger partial charge in [-0.1, -0.05) is 267 Å². The van der Waals surface area contributed by atoms with E-state index < -0.39 is 5.41 Å². The summed E-state index contributed by atoms with van der Waals surface area (Å²) in [6.45, 7) is 0. The molecule has 0 fully saturated rings. The molecule has 13 aromatic rings. The predicted octanol–water partition coefficient (Wildman–Crippen LogP) is 19.6. The molecule has 0 spiro atoms. The second-order valence-electron chi connectivity index (χ2n) is 19.5.